The first-order chi connectivity index (χ1) is 7.69. The number of unbranched alkanes of at least 4 members (excludes halogenated alkanes) is 1. The number of aryl methyl sites for hydroxylation is 2. The Balaban J connectivity index is 2.52. The van der Waals surface area contributed by atoms with Crippen molar-refractivity contribution < 1.29 is 4.79 Å². The molecule has 0 aromatic carbocycles. The van der Waals surface area contributed by atoms with Gasteiger partial charge in [0.25, 0.3) is 5.91 Å². The number of nitrogens with zero attached hydrogens (tertiary/aromatic N) is 2. The predicted molar refractivity (Wildman–Crippen MR) is 63.0 cm³/mol. The summed E-state index contributed by atoms with van der Waals surface area (Å²) in [6.45, 7) is 2.62. The molecular weight excluding hydrogens is 202 g/mol. The summed E-state index contributed by atoms with van der Waals surface area (Å²) < 4.78 is 1.61. The molecule has 0 saturated carbocycles. The maximum Gasteiger partial charge on any atom is 0.269 e. The molecule has 1 heterocycles. The lowest BCUT2D eigenvalue weighted by atomic mass is 10.3. The van der Waals surface area contributed by atoms with Crippen molar-refractivity contribution in [2.24, 2.45) is 7.05 Å². The molecule has 0 aliphatic rings. The Bertz CT molecular complexity index is 401. The molecule has 0 radical (unpaired) electrons. The molecule has 4 heteroatoms. The highest BCUT2D eigenvalue weighted by molar-refractivity contribution is 5.92. The predicted octanol–water partition coefficient (Wildman–Crippen LogP) is 1.13. The summed E-state index contributed by atoms with van der Waals surface area (Å²) in [6, 6.07) is 1.82. The van der Waals surface area contributed by atoms with Crippen LogP contribution in [-0.2, 0) is 13.5 Å². The molecule has 0 saturated heterocycles. The van der Waals surface area contributed by atoms with Gasteiger partial charge < -0.3 is 5.32 Å². The Labute approximate surface area is 96.0 Å². The van der Waals surface area contributed by atoms with Gasteiger partial charge in [-0.05, 0) is 18.9 Å². The van der Waals surface area contributed by atoms with E-state index >= 15 is 0 Å². The number of amides is 1. The second-order valence-corrected chi connectivity index (χ2v) is 3.56. The number of hydrogen-bond donors (Lipinski definition) is 1. The molecule has 0 spiro atoms. The van der Waals surface area contributed by atoms with Crippen LogP contribution in [0.1, 0.15) is 35.9 Å². The summed E-state index contributed by atoms with van der Waals surface area (Å²) in [6.07, 6.45) is 7.45. The highest BCUT2D eigenvalue weighted by Crippen LogP contribution is 2.03. The lowest BCUT2D eigenvalue weighted by Gasteiger charge is -2.03. The van der Waals surface area contributed by atoms with Gasteiger partial charge in [-0.15, -0.1) is 12.3 Å². The third-order valence-electron chi connectivity index (χ3n) is 2.31. The quantitative estimate of drug-likeness (QED) is 0.596. The van der Waals surface area contributed by atoms with E-state index in [1.807, 2.05) is 13.0 Å². The fourth-order valence-electron chi connectivity index (χ4n) is 1.39. The van der Waals surface area contributed by atoms with Crippen LogP contribution in [0.3, 0.4) is 0 Å². The third kappa shape index (κ3) is 3.13. The van der Waals surface area contributed by atoms with Crippen LogP contribution in [0.25, 0.3) is 0 Å². The third-order valence-corrected chi connectivity index (χ3v) is 2.31. The lowest BCUT2D eigenvalue weighted by molar-refractivity contribution is 0.0944. The summed E-state index contributed by atoms with van der Waals surface area (Å²) in [4.78, 5) is 11.7. The highest BCUT2D eigenvalue weighted by Gasteiger charge is 2.11. The Hall–Kier alpha value is -1.76. The van der Waals surface area contributed by atoms with E-state index in [-0.39, 0.29) is 5.91 Å². The minimum atomic E-state index is -0.0910. The van der Waals surface area contributed by atoms with E-state index in [1.165, 1.54) is 0 Å². The maximum atomic E-state index is 11.7. The molecule has 0 aliphatic carbocycles. The topological polar surface area (TPSA) is 46.9 Å². The van der Waals surface area contributed by atoms with E-state index in [1.54, 1.807) is 11.7 Å². The van der Waals surface area contributed by atoms with Crippen LogP contribution in [0, 0.1) is 12.3 Å². The van der Waals surface area contributed by atoms with Crippen molar-refractivity contribution in [1.82, 2.24) is 15.1 Å². The van der Waals surface area contributed by atoms with Crippen molar-refractivity contribution in [2.45, 2.75) is 26.2 Å². The van der Waals surface area contributed by atoms with Crippen LogP contribution >= 0.6 is 0 Å². The number of terminal acetylenes is 1. The fourth-order valence-corrected chi connectivity index (χ4v) is 1.39. The minimum absolute atomic E-state index is 0.0910. The number of carbonyl (C=O) groups excluding carboxylic acids is 1. The number of nitrogens with one attached hydrogen (secondary N) is 1. The average Bonchev–Trinajstić information content (AvgIpc) is 2.66. The van der Waals surface area contributed by atoms with Gasteiger partial charge in [0.2, 0.25) is 0 Å². The van der Waals surface area contributed by atoms with Gasteiger partial charge in [0.1, 0.15) is 5.69 Å². The first kappa shape index (κ1) is 12.3. The second kappa shape index (κ2) is 5.96. The smallest absolute Gasteiger partial charge is 0.269 e. The molecule has 1 rings (SSSR count). The summed E-state index contributed by atoms with van der Waals surface area (Å²) >= 11 is 0. The van der Waals surface area contributed by atoms with E-state index in [0.29, 0.717) is 18.7 Å². The van der Waals surface area contributed by atoms with Gasteiger partial charge in [-0.3, -0.25) is 9.48 Å². The maximum absolute atomic E-state index is 11.7. The number of carbonyl (C=O) groups is 1. The largest absolute Gasteiger partial charge is 0.351 e. The van der Waals surface area contributed by atoms with Crippen LogP contribution in [0.4, 0.5) is 0 Å². The molecule has 0 bridgehead atoms. The lowest BCUT2D eigenvalue weighted by Crippen LogP contribution is -2.26. The zero-order chi connectivity index (χ0) is 12.0. The number of rotatable bonds is 5. The van der Waals surface area contributed by atoms with E-state index < -0.39 is 0 Å². The summed E-state index contributed by atoms with van der Waals surface area (Å²) in [5.74, 6) is 2.45. The Morgan fingerprint density at radius 2 is 2.44 bits per heavy atom. The van der Waals surface area contributed by atoms with Crippen molar-refractivity contribution in [3.8, 4) is 12.3 Å². The molecule has 1 N–H and O–H groups in total. The molecule has 16 heavy (non-hydrogen) atoms. The van der Waals surface area contributed by atoms with Crippen molar-refractivity contribution >= 4 is 5.91 Å². The number of hydrogen-bond acceptors (Lipinski definition) is 2. The van der Waals surface area contributed by atoms with Gasteiger partial charge in [-0.2, -0.15) is 5.10 Å². The van der Waals surface area contributed by atoms with Gasteiger partial charge in [-0.1, -0.05) is 6.92 Å². The molecule has 1 amide bonds. The normalized spacial score (nSPS) is 9.81. The second-order valence-electron chi connectivity index (χ2n) is 3.56. The Morgan fingerprint density at radius 3 is 3.00 bits per heavy atom. The Kier molecular flexibility index (Phi) is 4.59. The van der Waals surface area contributed by atoms with E-state index in [4.69, 9.17) is 6.42 Å². The summed E-state index contributed by atoms with van der Waals surface area (Å²) in [5.41, 5.74) is 1.52. The number of aromatic nitrogens is 2. The molecule has 0 aliphatic heterocycles. The van der Waals surface area contributed by atoms with E-state index in [9.17, 15) is 4.79 Å². The molecule has 1 aromatic heterocycles. The molecule has 0 unspecified atom stereocenters. The summed E-state index contributed by atoms with van der Waals surface area (Å²) in [7, 11) is 1.77. The van der Waals surface area contributed by atoms with Crippen LogP contribution in [0.15, 0.2) is 6.07 Å². The fraction of sp³-hybridized carbons (Fsp3) is 0.500. The first-order valence-electron chi connectivity index (χ1n) is 5.43. The van der Waals surface area contributed by atoms with Gasteiger partial charge in [0.15, 0.2) is 0 Å². The highest BCUT2D eigenvalue weighted by atomic mass is 16.2. The van der Waals surface area contributed by atoms with Crippen LogP contribution in [0.5, 0.6) is 0 Å². The van der Waals surface area contributed by atoms with Crippen molar-refractivity contribution in [1.29, 1.82) is 0 Å². The summed E-state index contributed by atoms with van der Waals surface area (Å²) in [5, 5.41) is 7.03. The van der Waals surface area contributed by atoms with Crippen LogP contribution in [-0.4, -0.2) is 22.2 Å². The van der Waals surface area contributed by atoms with Crippen LogP contribution < -0.4 is 5.32 Å². The molecule has 0 fully saturated rings. The van der Waals surface area contributed by atoms with Crippen LogP contribution in [0.2, 0.25) is 0 Å². The van der Waals surface area contributed by atoms with Gasteiger partial charge in [-0.25, -0.2) is 0 Å². The van der Waals surface area contributed by atoms with Gasteiger partial charge in [0, 0.05) is 20.0 Å². The van der Waals surface area contributed by atoms with E-state index in [2.05, 4.69) is 16.3 Å². The molecular formula is C12H17N3O. The molecule has 0 atom stereocenters. The average molecular weight is 219 g/mol. The first-order valence-corrected chi connectivity index (χ1v) is 5.43. The molecule has 86 valence electrons. The zero-order valence-corrected chi connectivity index (χ0v) is 9.79. The minimum Gasteiger partial charge on any atom is -0.351 e. The van der Waals surface area contributed by atoms with Gasteiger partial charge >= 0.3 is 0 Å². The SMILES string of the molecule is C#CCCCNC(=O)c1cc(CC)nn1C. The zero-order valence-electron chi connectivity index (χ0n) is 9.79. The monoisotopic (exact) mass is 219 g/mol. The van der Waals surface area contributed by atoms with E-state index in [0.717, 1.165) is 18.5 Å². The standard InChI is InChI=1S/C12H17N3O/c1-4-6-7-8-13-12(16)11-9-10(5-2)14-15(11)3/h1,9H,5-8H2,2-3H3,(H,13,16). The van der Waals surface area contributed by atoms with Gasteiger partial charge in [0.05, 0.1) is 5.69 Å². The van der Waals surface area contributed by atoms with Crippen molar-refractivity contribution in [2.75, 3.05) is 6.54 Å². The van der Waals surface area contributed by atoms with Crippen molar-refractivity contribution in [3.05, 3.63) is 17.5 Å². The molecule has 4 nitrogen and oxygen atoms in total. The Morgan fingerprint density at radius 1 is 1.69 bits per heavy atom. The molecule has 1 aromatic rings. The van der Waals surface area contributed by atoms with Crippen molar-refractivity contribution in [3.63, 3.8) is 0 Å².